The van der Waals surface area contributed by atoms with Crippen molar-refractivity contribution in [1.29, 1.82) is 0 Å². The average Bonchev–Trinajstić information content (AvgIpc) is 3.51. The second kappa shape index (κ2) is 11.8. The van der Waals surface area contributed by atoms with Gasteiger partial charge < -0.3 is 25.0 Å². The van der Waals surface area contributed by atoms with Crippen molar-refractivity contribution in [2.45, 2.75) is 38.6 Å². The van der Waals surface area contributed by atoms with Crippen molar-refractivity contribution in [1.82, 2.24) is 24.6 Å². The number of benzene rings is 1. The molecule has 1 saturated heterocycles. The van der Waals surface area contributed by atoms with E-state index in [-0.39, 0.29) is 25.1 Å². The molecule has 0 aliphatic carbocycles. The quantitative estimate of drug-likeness (QED) is 0.184. The molecule has 0 spiro atoms. The van der Waals surface area contributed by atoms with Crippen LogP contribution in [0.2, 0.25) is 0 Å². The highest BCUT2D eigenvalue weighted by atomic mass is 31.2. The van der Waals surface area contributed by atoms with Gasteiger partial charge in [-0.15, -0.1) is 6.42 Å². The number of nitrogens with one attached hydrogen (secondary N) is 2. The van der Waals surface area contributed by atoms with Crippen molar-refractivity contribution in [3.8, 4) is 18.1 Å². The van der Waals surface area contributed by atoms with Gasteiger partial charge in [-0.3, -0.25) is 13.9 Å². The van der Waals surface area contributed by atoms with Crippen LogP contribution in [0.5, 0.6) is 5.75 Å². The van der Waals surface area contributed by atoms with Gasteiger partial charge in [0, 0.05) is 7.05 Å². The van der Waals surface area contributed by atoms with Crippen molar-refractivity contribution in [2.75, 3.05) is 31.3 Å². The van der Waals surface area contributed by atoms with Gasteiger partial charge in [0.25, 0.3) is 0 Å². The molecule has 0 saturated carbocycles. The van der Waals surface area contributed by atoms with E-state index in [1.807, 2.05) is 0 Å². The molecule has 5 atom stereocenters. The number of rotatable bonds is 11. The van der Waals surface area contributed by atoms with Crippen LogP contribution in [0.25, 0.3) is 11.2 Å². The minimum Gasteiger partial charge on any atom is -0.465 e. The predicted molar refractivity (Wildman–Crippen MR) is 140 cm³/mol. The van der Waals surface area contributed by atoms with E-state index in [0.717, 1.165) is 0 Å². The maximum absolute atomic E-state index is 13.7. The van der Waals surface area contributed by atoms with Crippen LogP contribution in [0.3, 0.4) is 0 Å². The molecule has 4 N–H and O–H groups in total. The molecule has 2 aromatic heterocycles. The molecule has 3 heterocycles. The van der Waals surface area contributed by atoms with E-state index in [1.54, 1.807) is 55.2 Å². The number of hydrogen-bond acceptors (Lipinski definition) is 11. The van der Waals surface area contributed by atoms with Crippen molar-refractivity contribution in [3.63, 3.8) is 0 Å². The number of nitrogen functional groups attached to an aromatic ring is 1. The normalized spacial score (nSPS) is 21.4. The molecule has 1 aliphatic rings. The largest absolute Gasteiger partial charge is 0.465 e. The summed E-state index contributed by atoms with van der Waals surface area (Å²) in [6.45, 7) is 3.23. The summed E-state index contributed by atoms with van der Waals surface area (Å²) >= 11 is 0. The van der Waals surface area contributed by atoms with E-state index >= 15 is 0 Å². The lowest BCUT2D eigenvalue weighted by Gasteiger charge is -2.24. The van der Waals surface area contributed by atoms with E-state index < -0.39 is 32.1 Å². The number of aromatic nitrogens is 4. The van der Waals surface area contributed by atoms with Crippen LogP contribution >= 0.6 is 7.75 Å². The first-order valence-electron chi connectivity index (χ1n) is 12.0. The van der Waals surface area contributed by atoms with Crippen LogP contribution in [0.4, 0.5) is 11.8 Å². The molecule has 13 nitrogen and oxygen atoms in total. The average molecular weight is 544 g/mol. The van der Waals surface area contributed by atoms with Gasteiger partial charge in [0.1, 0.15) is 11.8 Å². The lowest BCUT2D eigenvalue weighted by Crippen LogP contribution is -2.35. The number of terminal acetylenes is 1. The number of hydrogen-bond donors (Lipinski definition) is 3. The third kappa shape index (κ3) is 6.06. The molecule has 0 unspecified atom stereocenters. The molecule has 1 aromatic carbocycles. The topological polar surface area (TPSA) is 165 Å². The number of ether oxygens (including phenoxy) is 2. The van der Waals surface area contributed by atoms with E-state index in [2.05, 4.69) is 31.3 Å². The highest BCUT2D eigenvalue weighted by Gasteiger charge is 2.39. The Morgan fingerprint density at radius 1 is 1.37 bits per heavy atom. The summed E-state index contributed by atoms with van der Waals surface area (Å²) in [5, 5.41) is 5.59. The molecular formula is C24H30N7O6P. The van der Waals surface area contributed by atoms with Gasteiger partial charge in [0.05, 0.1) is 31.6 Å². The van der Waals surface area contributed by atoms with Crippen molar-refractivity contribution in [2.24, 2.45) is 5.92 Å². The van der Waals surface area contributed by atoms with Crippen LogP contribution in [-0.4, -0.2) is 57.9 Å². The molecule has 1 fully saturated rings. The summed E-state index contributed by atoms with van der Waals surface area (Å²) in [6, 6.07) is 7.53. The number of nitrogens with zero attached hydrogens (tertiary/aromatic N) is 4. The van der Waals surface area contributed by atoms with Crippen LogP contribution in [0.1, 0.15) is 26.5 Å². The molecular weight excluding hydrogens is 513 g/mol. The molecule has 0 bridgehead atoms. The van der Waals surface area contributed by atoms with E-state index in [1.165, 1.54) is 6.92 Å². The first-order chi connectivity index (χ1) is 18.3. The van der Waals surface area contributed by atoms with Crippen LogP contribution in [0.15, 0.2) is 36.7 Å². The zero-order valence-electron chi connectivity index (χ0n) is 21.2. The predicted octanol–water partition coefficient (Wildman–Crippen LogP) is 2.73. The third-order valence-electron chi connectivity index (χ3n) is 5.75. The van der Waals surface area contributed by atoms with Gasteiger partial charge in [-0.05, 0) is 32.4 Å². The monoisotopic (exact) mass is 543 g/mol. The molecule has 202 valence electrons. The Bertz CT molecular complexity index is 1360. The first-order valence-corrected chi connectivity index (χ1v) is 13.5. The number of anilines is 2. The maximum atomic E-state index is 13.7. The van der Waals surface area contributed by atoms with E-state index in [9.17, 15) is 9.36 Å². The molecule has 0 radical (unpaired) electrons. The number of imidazole rings is 1. The fourth-order valence-corrected chi connectivity index (χ4v) is 5.53. The molecule has 38 heavy (non-hydrogen) atoms. The lowest BCUT2D eigenvalue weighted by molar-refractivity contribution is -0.144. The summed E-state index contributed by atoms with van der Waals surface area (Å²) in [5.74, 6) is 2.63. The van der Waals surface area contributed by atoms with Crippen LogP contribution < -0.4 is 20.7 Å². The third-order valence-corrected chi connectivity index (χ3v) is 7.39. The van der Waals surface area contributed by atoms with Gasteiger partial charge in [-0.1, -0.05) is 24.1 Å². The zero-order chi connectivity index (χ0) is 27.3. The SMILES string of the molecule is C#C[C@H]1C[C@@H](CO[P@@](=O)(N[C@H](C)C(=O)OCC)Oc2ccccc2)O[C@H]1n1cnc2c(NC)nc(N)nc21. The summed E-state index contributed by atoms with van der Waals surface area (Å²) in [5.41, 5.74) is 6.84. The van der Waals surface area contributed by atoms with Crippen molar-refractivity contribution < 1.29 is 27.9 Å². The highest BCUT2D eigenvalue weighted by molar-refractivity contribution is 7.52. The maximum Gasteiger partial charge on any atom is 0.459 e. The number of fused-ring (bicyclic) bond motifs is 1. The fraction of sp³-hybridized carbons (Fsp3) is 0.417. The Labute approximate surface area is 220 Å². The number of nitrogens with two attached hydrogens (primary N) is 1. The lowest BCUT2D eigenvalue weighted by atomic mass is 10.0. The Morgan fingerprint density at radius 2 is 2.13 bits per heavy atom. The van der Waals surface area contributed by atoms with Gasteiger partial charge in [-0.25, -0.2) is 9.55 Å². The van der Waals surface area contributed by atoms with Gasteiger partial charge in [0.2, 0.25) is 5.95 Å². The van der Waals surface area contributed by atoms with Gasteiger partial charge in [-0.2, -0.15) is 15.1 Å². The second-order valence-electron chi connectivity index (χ2n) is 8.46. The molecule has 14 heteroatoms. The summed E-state index contributed by atoms with van der Waals surface area (Å²) in [6.07, 6.45) is 6.60. The molecule has 3 aromatic rings. The Hall–Kier alpha value is -3.69. The zero-order valence-corrected chi connectivity index (χ0v) is 22.1. The summed E-state index contributed by atoms with van der Waals surface area (Å²) < 4.78 is 38.0. The number of para-hydroxylation sites is 1. The van der Waals surface area contributed by atoms with Gasteiger partial charge in [0.15, 0.2) is 23.2 Å². The summed E-state index contributed by atoms with van der Waals surface area (Å²) in [7, 11) is -2.33. The van der Waals surface area contributed by atoms with Crippen LogP contribution in [0, 0.1) is 18.3 Å². The van der Waals surface area contributed by atoms with E-state index in [4.69, 9.17) is 30.7 Å². The Kier molecular flexibility index (Phi) is 8.48. The Balaban J connectivity index is 1.52. The van der Waals surface area contributed by atoms with E-state index in [0.29, 0.717) is 29.2 Å². The number of carbonyl (C=O) groups excluding carboxylic acids is 1. The molecule has 1 aliphatic heterocycles. The standard InChI is InChI=1S/C24H30N7O6P/c1-5-16-12-18(36-22(16)31-14-27-19-20(26-4)28-24(25)29-21(19)31)13-35-38(33,30-15(3)23(32)34-6-2)37-17-10-8-7-9-11-17/h1,7-11,14-16,18,22H,6,12-13H2,2-4H3,(H,30,33)(H3,25,26,28,29)/t15-,16+,18+,22-,38+/m1/s1. The first kappa shape index (κ1) is 27.3. The molecule has 4 rings (SSSR count). The fourth-order valence-electron chi connectivity index (χ4n) is 4.01. The summed E-state index contributed by atoms with van der Waals surface area (Å²) in [4.78, 5) is 25.0. The smallest absolute Gasteiger partial charge is 0.459 e. The number of carbonyl (C=O) groups is 1. The minimum atomic E-state index is -4.04. The number of esters is 1. The highest BCUT2D eigenvalue weighted by Crippen LogP contribution is 2.46. The van der Waals surface area contributed by atoms with Gasteiger partial charge >= 0.3 is 13.7 Å². The Morgan fingerprint density at radius 3 is 2.82 bits per heavy atom. The molecule has 0 amide bonds. The van der Waals surface area contributed by atoms with Crippen molar-refractivity contribution in [3.05, 3.63) is 36.7 Å². The minimum absolute atomic E-state index is 0.0690. The van der Waals surface area contributed by atoms with Crippen LogP contribution in [-0.2, 0) is 23.4 Å². The van der Waals surface area contributed by atoms with Crippen molar-refractivity contribution >= 4 is 36.6 Å². The second-order valence-corrected chi connectivity index (χ2v) is 10.2.